The zero-order chi connectivity index (χ0) is 10.8. The predicted molar refractivity (Wildman–Crippen MR) is 51.8 cm³/mol. The zero-order valence-corrected chi connectivity index (χ0v) is 8.34. The molecular weight excluding hydrogens is 182 g/mol. The molecule has 1 heterocycles. The molecule has 0 bridgehead atoms. The van der Waals surface area contributed by atoms with Gasteiger partial charge in [0, 0.05) is 12.4 Å². The molecule has 5 heteroatoms. The topological polar surface area (TPSA) is 81.1 Å². The number of carboxylic acids is 1. The van der Waals surface area contributed by atoms with Crippen molar-refractivity contribution in [3.8, 4) is 0 Å². The van der Waals surface area contributed by atoms with E-state index in [9.17, 15) is 4.79 Å². The van der Waals surface area contributed by atoms with Crippen LogP contribution >= 0.6 is 0 Å². The quantitative estimate of drug-likeness (QED) is 0.742. The Morgan fingerprint density at radius 2 is 2.43 bits per heavy atom. The van der Waals surface area contributed by atoms with Gasteiger partial charge in [0.2, 0.25) is 0 Å². The lowest BCUT2D eigenvalue weighted by atomic mass is 9.95. The normalized spacial score (nSPS) is 17.4. The fourth-order valence-corrected chi connectivity index (χ4v) is 1.34. The molecule has 2 atom stereocenters. The summed E-state index contributed by atoms with van der Waals surface area (Å²) in [6.07, 6.45) is 3.80. The largest absolute Gasteiger partial charge is 0.480 e. The lowest BCUT2D eigenvalue weighted by Gasteiger charge is -2.23. The van der Waals surface area contributed by atoms with E-state index in [1.54, 1.807) is 23.1 Å². The average molecular weight is 197 g/mol. The highest BCUT2D eigenvalue weighted by molar-refractivity contribution is 5.77. The van der Waals surface area contributed by atoms with Gasteiger partial charge in [-0.1, -0.05) is 0 Å². The van der Waals surface area contributed by atoms with Crippen molar-refractivity contribution in [2.75, 3.05) is 0 Å². The minimum absolute atomic E-state index is 0.0175. The summed E-state index contributed by atoms with van der Waals surface area (Å²) in [6.45, 7) is 3.40. The van der Waals surface area contributed by atoms with Gasteiger partial charge in [-0.15, -0.1) is 0 Å². The molecule has 0 aromatic carbocycles. The number of carboxylic acid groups (broad SMARTS) is 1. The van der Waals surface area contributed by atoms with Gasteiger partial charge in [-0.3, -0.25) is 9.48 Å². The third kappa shape index (κ3) is 2.32. The summed E-state index contributed by atoms with van der Waals surface area (Å²) >= 11 is 0. The third-order valence-corrected chi connectivity index (χ3v) is 2.18. The van der Waals surface area contributed by atoms with Crippen LogP contribution in [0.25, 0.3) is 0 Å². The Bertz CT molecular complexity index is 306. The fourth-order valence-electron chi connectivity index (χ4n) is 1.34. The second kappa shape index (κ2) is 3.79. The van der Waals surface area contributed by atoms with Gasteiger partial charge in [0.05, 0.1) is 6.04 Å². The van der Waals surface area contributed by atoms with Crippen molar-refractivity contribution in [2.24, 2.45) is 5.73 Å². The molecule has 14 heavy (non-hydrogen) atoms. The summed E-state index contributed by atoms with van der Waals surface area (Å²) in [4.78, 5) is 10.8. The van der Waals surface area contributed by atoms with Crippen molar-refractivity contribution >= 4 is 5.97 Å². The number of nitrogens with two attached hydrogens (primary N) is 1. The Labute approximate surface area is 82.5 Å². The van der Waals surface area contributed by atoms with Gasteiger partial charge in [0.1, 0.15) is 5.54 Å². The molecule has 0 saturated heterocycles. The van der Waals surface area contributed by atoms with E-state index in [0.717, 1.165) is 0 Å². The number of nitrogens with zero attached hydrogens (tertiary/aromatic N) is 2. The van der Waals surface area contributed by atoms with E-state index >= 15 is 0 Å². The summed E-state index contributed by atoms with van der Waals surface area (Å²) in [5, 5.41) is 12.9. The minimum atomic E-state index is -1.20. The molecule has 0 aliphatic carbocycles. The molecule has 0 aliphatic heterocycles. The number of hydrogen-bond acceptors (Lipinski definition) is 3. The van der Waals surface area contributed by atoms with Crippen molar-refractivity contribution in [1.29, 1.82) is 0 Å². The lowest BCUT2D eigenvalue weighted by Crippen LogP contribution is -2.46. The molecule has 1 rings (SSSR count). The lowest BCUT2D eigenvalue weighted by molar-refractivity contribution is -0.143. The SMILES string of the molecule is CC(CC(C)(N)C(=O)O)n1cccn1. The first-order valence-electron chi connectivity index (χ1n) is 4.45. The van der Waals surface area contributed by atoms with E-state index in [0.29, 0.717) is 6.42 Å². The van der Waals surface area contributed by atoms with Crippen LogP contribution in [0.5, 0.6) is 0 Å². The molecule has 2 unspecified atom stereocenters. The molecule has 0 spiro atoms. The maximum atomic E-state index is 10.8. The molecule has 78 valence electrons. The van der Waals surface area contributed by atoms with Crippen LogP contribution in [0.2, 0.25) is 0 Å². The van der Waals surface area contributed by atoms with Crippen LogP contribution < -0.4 is 5.73 Å². The van der Waals surface area contributed by atoms with Crippen LogP contribution in [-0.2, 0) is 4.79 Å². The Hall–Kier alpha value is -1.36. The molecule has 1 aromatic heterocycles. The van der Waals surface area contributed by atoms with Crippen molar-refractivity contribution in [3.05, 3.63) is 18.5 Å². The Morgan fingerprint density at radius 3 is 2.86 bits per heavy atom. The highest BCUT2D eigenvalue weighted by Gasteiger charge is 2.30. The summed E-state index contributed by atoms with van der Waals surface area (Å²) < 4.78 is 1.70. The molecule has 0 saturated carbocycles. The number of aliphatic carboxylic acids is 1. The number of aromatic nitrogens is 2. The van der Waals surface area contributed by atoms with Gasteiger partial charge in [0.15, 0.2) is 0 Å². The van der Waals surface area contributed by atoms with Crippen molar-refractivity contribution in [1.82, 2.24) is 9.78 Å². The standard InChI is InChI=1S/C9H15N3O2/c1-7(12-5-3-4-11-12)6-9(2,10)8(13)14/h3-5,7H,6,10H2,1-2H3,(H,13,14). The minimum Gasteiger partial charge on any atom is -0.480 e. The van der Waals surface area contributed by atoms with Gasteiger partial charge < -0.3 is 10.8 Å². The second-order valence-corrected chi connectivity index (χ2v) is 3.76. The van der Waals surface area contributed by atoms with Gasteiger partial charge >= 0.3 is 5.97 Å². The first-order valence-corrected chi connectivity index (χ1v) is 4.45. The monoisotopic (exact) mass is 197 g/mol. The van der Waals surface area contributed by atoms with Crippen LogP contribution in [-0.4, -0.2) is 26.4 Å². The first-order chi connectivity index (χ1) is 6.43. The highest BCUT2D eigenvalue weighted by Crippen LogP contribution is 2.17. The van der Waals surface area contributed by atoms with Crippen LogP contribution in [0.15, 0.2) is 18.5 Å². The number of hydrogen-bond donors (Lipinski definition) is 2. The Kier molecular flexibility index (Phi) is 2.90. The van der Waals surface area contributed by atoms with Gasteiger partial charge in [-0.05, 0) is 26.3 Å². The molecule has 3 N–H and O–H groups in total. The van der Waals surface area contributed by atoms with E-state index < -0.39 is 11.5 Å². The van der Waals surface area contributed by atoms with Crippen molar-refractivity contribution in [3.63, 3.8) is 0 Å². The van der Waals surface area contributed by atoms with E-state index in [2.05, 4.69) is 5.10 Å². The number of carbonyl (C=O) groups is 1. The predicted octanol–water partition coefficient (Wildman–Crippen LogP) is 0.636. The Balaban J connectivity index is 2.66. The van der Waals surface area contributed by atoms with Crippen LogP contribution in [0.4, 0.5) is 0 Å². The molecule has 0 radical (unpaired) electrons. The zero-order valence-electron chi connectivity index (χ0n) is 8.34. The smallest absolute Gasteiger partial charge is 0.323 e. The van der Waals surface area contributed by atoms with E-state index in [1.807, 2.05) is 6.92 Å². The molecule has 1 aromatic rings. The molecule has 0 aliphatic rings. The molecule has 0 amide bonds. The summed E-state index contributed by atoms with van der Waals surface area (Å²) in [6, 6.07) is 1.78. The van der Waals surface area contributed by atoms with Gasteiger partial charge in [-0.2, -0.15) is 5.10 Å². The number of rotatable bonds is 4. The fraction of sp³-hybridized carbons (Fsp3) is 0.556. The third-order valence-electron chi connectivity index (χ3n) is 2.18. The summed E-state index contributed by atoms with van der Waals surface area (Å²) in [5.41, 5.74) is 4.42. The summed E-state index contributed by atoms with van der Waals surface area (Å²) in [5.74, 6) is -0.989. The van der Waals surface area contributed by atoms with E-state index in [1.165, 1.54) is 6.92 Å². The van der Waals surface area contributed by atoms with Crippen LogP contribution in [0, 0.1) is 0 Å². The molecule has 5 nitrogen and oxygen atoms in total. The van der Waals surface area contributed by atoms with Gasteiger partial charge in [-0.25, -0.2) is 0 Å². The average Bonchev–Trinajstić information content (AvgIpc) is 2.54. The van der Waals surface area contributed by atoms with E-state index in [-0.39, 0.29) is 6.04 Å². The van der Waals surface area contributed by atoms with Crippen LogP contribution in [0.1, 0.15) is 26.3 Å². The van der Waals surface area contributed by atoms with Gasteiger partial charge in [0.25, 0.3) is 0 Å². The van der Waals surface area contributed by atoms with Crippen molar-refractivity contribution in [2.45, 2.75) is 31.8 Å². The molecular formula is C9H15N3O2. The van der Waals surface area contributed by atoms with Crippen molar-refractivity contribution < 1.29 is 9.90 Å². The maximum absolute atomic E-state index is 10.8. The van der Waals surface area contributed by atoms with Crippen LogP contribution in [0.3, 0.4) is 0 Å². The summed E-state index contributed by atoms with van der Waals surface area (Å²) in [7, 11) is 0. The maximum Gasteiger partial charge on any atom is 0.323 e. The Morgan fingerprint density at radius 1 is 1.79 bits per heavy atom. The first kappa shape index (κ1) is 10.7. The van der Waals surface area contributed by atoms with E-state index in [4.69, 9.17) is 10.8 Å². The second-order valence-electron chi connectivity index (χ2n) is 3.76. The molecule has 0 fully saturated rings. The highest BCUT2D eigenvalue weighted by atomic mass is 16.4.